The zero-order chi connectivity index (χ0) is 14.1. The van der Waals surface area contributed by atoms with Crippen LogP contribution in [0.15, 0.2) is 28.7 Å². The second-order valence-corrected chi connectivity index (χ2v) is 6.21. The largest absolute Gasteiger partial charge is 0.444 e. The number of benzene rings is 1. The lowest BCUT2D eigenvalue weighted by molar-refractivity contribution is 0.174. The van der Waals surface area contributed by atoms with Crippen molar-refractivity contribution in [2.24, 2.45) is 5.92 Å². The van der Waals surface area contributed by atoms with E-state index in [1.54, 1.807) is 0 Å². The van der Waals surface area contributed by atoms with Gasteiger partial charge in [-0.15, -0.1) is 0 Å². The Bertz CT molecular complexity index is 595. The smallest absolute Gasteiger partial charge is 0.199 e. The highest BCUT2D eigenvalue weighted by molar-refractivity contribution is 6.30. The van der Waals surface area contributed by atoms with E-state index in [1.165, 1.54) is 6.42 Å². The highest BCUT2D eigenvalue weighted by Gasteiger charge is 2.24. The number of halogens is 1. The number of hydrogen-bond acceptors (Lipinski definition) is 3. The molecule has 1 saturated heterocycles. The van der Waals surface area contributed by atoms with Crippen LogP contribution in [0.25, 0.3) is 11.0 Å². The number of likely N-dealkylation sites (tertiary alicyclic amines) is 1. The fourth-order valence-corrected chi connectivity index (χ4v) is 3.38. The molecule has 0 spiro atoms. The van der Waals surface area contributed by atoms with E-state index in [2.05, 4.69) is 30.3 Å². The number of hydrogen-bond donors (Lipinski definition) is 1. The molecule has 3 nitrogen and oxygen atoms in total. The topological polar surface area (TPSA) is 28.4 Å². The van der Waals surface area contributed by atoms with Gasteiger partial charge in [0.2, 0.25) is 0 Å². The maximum Gasteiger partial charge on any atom is 0.199 e. The van der Waals surface area contributed by atoms with Crippen LogP contribution in [-0.2, 0) is 6.54 Å². The molecule has 2 atom stereocenters. The van der Waals surface area contributed by atoms with Crippen molar-refractivity contribution >= 4 is 22.6 Å². The van der Waals surface area contributed by atoms with Gasteiger partial charge in [-0.1, -0.05) is 25.1 Å². The van der Waals surface area contributed by atoms with Crippen molar-refractivity contribution in [3.05, 3.63) is 35.0 Å². The summed E-state index contributed by atoms with van der Waals surface area (Å²) in [6, 6.07) is 8.58. The van der Waals surface area contributed by atoms with Gasteiger partial charge in [-0.2, -0.15) is 0 Å². The number of furan rings is 1. The monoisotopic (exact) mass is 292 g/mol. The quantitative estimate of drug-likeness (QED) is 0.938. The second-order valence-electron chi connectivity index (χ2n) is 5.87. The third-order valence-corrected chi connectivity index (χ3v) is 4.60. The van der Waals surface area contributed by atoms with Gasteiger partial charge >= 0.3 is 0 Å². The fraction of sp³-hybridized carbons (Fsp3) is 0.500. The van der Waals surface area contributed by atoms with Crippen LogP contribution in [0.2, 0.25) is 5.22 Å². The van der Waals surface area contributed by atoms with E-state index in [0.29, 0.717) is 17.2 Å². The number of piperidine rings is 1. The summed E-state index contributed by atoms with van der Waals surface area (Å²) in [5.74, 6) is 0.658. The first-order valence-corrected chi connectivity index (χ1v) is 7.61. The molecule has 1 aliphatic heterocycles. The highest BCUT2D eigenvalue weighted by Crippen LogP contribution is 2.29. The number of rotatable bonds is 3. The van der Waals surface area contributed by atoms with E-state index in [1.807, 2.05) is 18.2 Å². The molecule has 2 aromatic rings. The van der Waals surface area contributed by atoms with E-state index >= 15 is 0 Å². The third-order valence-electron chi connectivity index (χ3n) is 4.30. The first-order valence-electron chi connectivity index (χ1n) is 7.23. The SMILES string of the molecule is CC1CN(C)CCC1NCc1c(Cl)oc2ccccc12. The van der Waals surface area contributed by atoms with Crippen molar-refractivity contribution in [3.8, 4) is 0 Å². The molecule has 1 aromatic carbocycles. The van der Waals surface area contributed by atoms with E-state index in [4.69, 9.17) is 16.0 Å². The molecule has 108 valence electrons. The average molecular weight is 293 g/mol. The Morgan fingerprint density at radius 2 is 2.20 bits per heavy atom. The van der Waals surface area contributed by atoms with Gasteiger partial charge < -0.3 is 14.6 Å². The van der Waals surface area contributed by atoms with Gasteiger partial charge in [-0.05, 0) is 43.6 Å². The summed E-state index contributed by atoms with van der Waals surface area (Å²) in [6.07, 6.45) is 1.19. The van der Waals surface area contributed by atoms with E-state index in [0.717, 1.165) is 36.2 Å². The standard InChI is InChI=1S/C16H21ClN2O/c1-11-10-19(2)8-7-14(11)18-9-13-12-5-3-4-6-15(12)20-16(13)17/h3-6,11,14,18H,7-10H2,1-2H3. The van der Waals surface area contributed by atoms with Crippen LogP contribution in [0.5, 0.6) is 0 Å². The lowest BCUT2D eigenvalue weighted by Gasteiger charge is -2.35. The minimum atomic E-state index is 0.513. The lowest BCUT2D eigenvalue weighted by Crippen LogP contribution is -2.46. The zero-order valence-corrected chi connectivity index (χ0v) is 12.8. The summed E-state index contributed by atoms with van der Waals surface area (Å²) in [5.41, 5.74) is 1.94. The molecule has 1 aromatic heterocycles. The Hall–Kier alpha value is -1.03. The molecule has 3 rings (SSSR count). The van der Waals surface area contributed by atoms with Crippen molar-refractivity contribution in [2.45, 2.75) is 25.9 Å². The van der Waals surface area contributed by atoms with Crippen molar-refractivity contribution < 1.29 is 4.42 Å². The Morgan fingerprint density at radius 3 is 3.00 bits per heavy atom. The molecule has 1 fully saturated rings. The Kier molecular flexibility index (Phi) is 4.01. The van der Waals surface area contributed by atoms with Crippen LogP contribution in [0.4, 0.5) is 0 Å². The van der Waals surface area contributed by atoms with Crippen LogP contribution in [-0.4, -0.2) is 31.1 Å². The van der Waals surface area contributed by atoms with Crippen molar-refractivity contribution in [1.82, 2.24) is 10.2 Å². The molecule has 2 heterocycles. The maximum absolute atomic E-state index is 6.23. The van der Waals surface area contributed by atoms with Gasteiger partial charge in [0.15, 0.2) is 5.22 Å². The molecule has 0 amide bonds. The second kappa shape index (κ2) is 5.76. The molecule has 0 radical (unpaired) electrons. The van der Waals surface area contributed by atoms with Crippen LogP contribution in [0, 0.1) is 5.92 Å². The van der Waals surface area contributed by atoms with Gasteiger partial charge in [-0.3, -0.25) is 0 Å². The van der Waals surface area contributed by atoms with Crippen LogP contribution in [0.1, 0.15) is 18.9 Å². The molecule has 0 bridgehead atoms. The van der Waals surface area contributed by atoms with Gasteiger partial charge in [-0.25, -0.2) is 0 Å². The number of nitrogens with zero attached hydrogens (tertiary/aromatic N) is 1. The van der Waals surface area contributed by atoms with Crippen molar-refractivity contribution in [1.29, 1.82) is 0 Å². The van der Waals surface area contributed by atoms with Crippen LogP contribution >= 0.6 is 11.6 Å². The Morgan fingerprint density at radius 1 is 1.40 bits per heavy atom. The summed E-state index contributed by atoms with van der Waals surface area (Å²) >= 11 is 6.23. The average Bonchev–Trinajstić information content (AvgIpc) is 2.74. The number of nitrogens with one attached hydrogen (secondary N) is 1. The molecule has 2 unspecified atom stereocenters. The normalized spacial score (nSPS) is 24.4. The molecule has 0 saturated carbocycles. The van der Waals surface area contributed by atoms with Crippen LogP contribution < -0.4 is 5.32 Å². The highest BCUT2D eigenvalue weighted by atomic mass is 35.5. The summed E-state index contributed by atoms with van der Waals surface area (Å²) in [7, 11) is 2.19. The zero-order valence-electron chi connectivity index (χ0n) is 12.0. The van der Waals surface area contributed by atoms with E-state index in [-0.39, 0.29) is 0 Å². The maximum atomic E-state index is 6.23. The van der Waals surface area contributed by atoms with Gasteiger partial charge in [0.1, 0.15) is 5.58 Å². The van der Waals surface area contributed by atoms with Crippen LogP contribution in [0.3, 0.4) is 0 Å². The molecule has 1 N–H and O–H groups in total. The van der Waals surface area contributed by atoms with Gasteiger partial charge in [0.25, 0.3) is 0 Å². The van der Waals surface area contributed by atoms with Crippen molar-refractivity contribution in [2.75, 3.05) is 20.1 Å². The van der Waals surface area contributed by atoms with Gasteiger partial charge in [0, 0.05) is 30.1 Å². The molecular weight excluding hydrogens is 272 g/mol. The summed E-state index contributed by atoms with van der Waals surface area (Å²) in [4.78, 5) is 2.39. The fourth-order valence-electron chi connectivity index (χ4n) is 3.12. The Labute approximate surface area is 124 Å². The molecule has 1 aliphatic rings. The first-order chi connectivity index (χ1) is 9.65. The summed E-state index contributed by atoms with van der Waals surface area (Å²) in [6.45, 7) is 5.39. The first kappa shape index (κ1) is 13.9. The van der Waals surface area contributed by atoms with E-state index in [9.17, 15) is 0 Å². The number of para-hydroxylation sites is 1. The Balaban J connectivity index is 1.72. The number of fused-ring (bicyclic) bond motifs is 1. The van der Waals surface area contributed by atoms with E-state index < -0.39 is 0 Å². The molecule has 4 heteroatoms. The lowest BCUT2D eigenvalue weighted by atomic mass is 9.94. The molecule has 0 aliphatic carbocycles. The molecular formula is C16H21ClN2O. The summed E-state index contributed by atoms with van der Waals surface area (Å²) < 4.78 is 5.60. The predicted molar refractivity (Wildman–Crippen MR) is 83.1 cm³/mol. The minimum absolute atomic E-state index is 0.513. The minimum Gasteiger partial charge on any atom is -0.444 e. The molecule has 20 heavy (non-hydrogen) atoms. The predicted octanol–water partition coefficient (Wildman–Crippen LogP) is 3.52. The van der Waals surface area contributed by atoms with Gasteiger partial charge in [0.05, 0.1) is 0 Å². The third kappa shape index (κ3) is 2.71. The summed E-state index contributed by atoms with van der Waals surface area (Å²) in [5, 5.41) is 5.29. The van der Waals surface area contributed by atoms with Crippen molar-refractivity contribution in [3.63, 3.8) is 0 Å².